The van der Waals surface area contributed by atoms with E-state index in [9.17, 15) is 9.50 Å². The van der Waals surface area contributed by atoms with Crippen molar-refractivity contribution in [3.8, 4) is 5.75 Å². The lowest BCUT2D eigenvalue weighted by Crippen LogP contribution is -2.23. The van der Waals surface area contributed by atoms with Crippen molar-refractivity contribution in [2.24, 2.45) is 0 Å². The number of halogens is 1. The van der Waals surface area contributed by atoms with Gasteiger partial charge in [0.15, 0.2) is 11.6 Å². The van der Waals surface area contributed by atoms with Gasteiger partial charge in [-0.15, -0.1) is 0 Å². The highest BCUT2D eigenvalue weighted by atomic mass is 19.1. The van der Waals surface area contributed by atoms with Crippen LogP contribution in [0.2, 0.25) is 0 Å². The van der Waals surface area contributed by atoms with E-state index in [1.165, 1.54) is 6.07 Å². The van der Waals surface area contributed by atoms with Gasteiger partial charge in [0.1, 0.15) is 0 Å². The molecule has 102 valence electrons. The number of ether oxygens (including phenoxy) is 1. The molecular formula is C13H21FN2O2. The van der Waals surface area contributed by atoms with Gasteiger partial charge < -0.3 is 20.1 Å². The lowest BCUT2D eigenvalue weighted by molar-refractivity contribution is 0.119. The number of rotatable bonds is 8. The van der Waals surface area contributed by atoms with Crippen LogP contribution >= 0.6 is 0 Å². The second kappa shape index (κ2) is 8.02. The van der Waals surface area contributed by atoms with E-state index < -0.39 is 5.82 Å². The van der Waals surface area contributed by atoms with E-state index in [2.05, 4.69) is 10.2 Å². The van der Waals surface area contributed by atoms with Crippen LogP contribution in [0.5, 0.6) is 5.75 Å². The van der Waals surface area contributed by atoms with Crippen molar-refractivity contribution in [2.75, 3.05) is 40.4 Å². The number of phenolic OH excluding ortho intramolecular Hbond substituents is 1. The Morgan fingerprint density at radius 1 is 1.33 bits per heavy atom. The molecule has 0 fully saturated rings. The van der Waals surface area contributed by atoms with Gasteiger partial charge in [0.25, 0.3) is 0 Å². The zero-order valence-corrected chi connectivity index (χ0v) is 10.9. The third-order valence-electron chi connectivity index (χ3n) is 2.49. The van der Waals surface area contributed by atoms with Crippen LogP contribution in [0.15, 0.2) is 18.2 Å². The maximum absolute atomic E-state index is 13.0. The van der Waals surface area contributed by atoms with Crippen molar-refractivity contribution in [2.45, 2.75) is 6.54 Å². The number of benzene rings is 1. The molecule has 0 bridgehead atoms. The fourth-order valence-electron chi connectivity index (χ4n) is 1.42. The topological polar surface area (TPSA) is 44.7 Å². The van der Waals surface area contributed by atoms with Gasteiger partial charge in [-0.25, -0.2) is 4.39 Å². The van der Waals surface area contributed by atoms with Crippen LogP contribution in [-0.2, 0) is 11.3 Å². The van der Waals surface area contributed by atoms with E-state index in [0.717, 1.165) is 6.54 Å². The van der Waals surface area contributed by atoms with Gasteiger partial charge >= 0.3 is 0 Å². The van der Waals surface area contributed by atoms with Crippen molar-refractivity contribution < 1.29 is 14.2 Å². The second-order valence-corrected chi connectivity index (χ2v) is 4.34. The van der Waals surface area contributed by atoms with Crippen molar-refractivity contribution in [3.05, 3.63) is 29.6 Å². The summed E-state index contributed by atoms with van der Waals surface area (Å²) in [6.45, 7) is 3.29. The molecule has 0 heterocycles. The first-order valence-electron chi connectivity index (χ1n) is 6.01. The third kappa shape index (κ3) is 5.44. The van der Waals surface area contributed by atoms with Crippen LogP contribution in [-0.4, -0.2) is 50.4 Å². The van der Waals surface area contributed by atoms with E-state index >= 15 is 0 Å². The van der Waals surface area contributed by atoms with E-state index in [-0.39, 0.29) is 5.75 Å². The number of nitrogens with one attached hydrogen (secondary N) is 1. The summed E-state index contributed by atoms with van der Waals surface area (Å²) in [6, 6.07) is 4.52. The predicted octanol–water partition coefficient (Wildman–Crippen LogP) is 1.20. The van der Waals surface area contributed by atoms with Gasteiger partial charge in [-0.3, -0.25) is 0 Å². The van der Waals surface area contributed by atoms with Crippen molar-refractivity contribution in [3.63, 3.8) is 0 Å². The molecule has 0 unspecified atom stereocenters. The molecule has 0 radical (unpaired) electrons. The van der Waals surface area contributed by atoms with Gasteiger partial charge in [-0.05, 0) is 20.2 Å². The molecule has 0 amide bonds. The monoisotopic (exact) mass is 256 g/mol. The molecule has 0 saturated heterocycles. The molecule has 1 rings (SSSR count). The second-order valence-electron chi connectivity index (χ2n) is 4.34. The van der Waals surface area contributed by atoms with Gasteiger partial charge in [0, 0.05) is 25.2 Å². The minimum atomic E-state index is -0.587. The molecule has 18 heavy (non-hydrogen) atoms. The zero-order chi connectivity index (χ0) is 13.4. The SMILES string of the molecule is CN(C)CCOCCNCc1cccc(F)c1O. The third-order valence-corrected chi connectivity index (χ3v) is 2.49. The number of likely N-dealkylation sites (N-methyl/N-ethyl adjacent to an activating group) is 1. The van der Waals surface area contributed by atoms with Crippen LogP contribution in [0.3, 0.4) is 0 Å². The Kier molecular flexibility index (Phi) is 6.64. The molecule has 2 N–H and O–H groups in total. The van der Waals surface area contributed by atoms with Crippen molar-refractivity contribution >= 4 is 0 Å². The maximum Gasteiger partial charge on any atom is 0.165 e. The maximum atomic E-state index is 13.0. The quantitative estimate of drug-likeness (QED) is 0.686. The lowest BCUT2D eigenvalue weighted by Gasteiger charge is -2.10. The van der Waals surface area contributed by atoms with Gasteiger partial charge in [-0.1, -0.05) is 12.1 Å². The number of hydrogen-bond acceptors (Lipinski definition) is 4. The average molecular weight is 256 g/mol. The molecule has 0 atom stereocenters. The standard InChI is InChI=1S/C13H21FN2O2/c1-16(2)7-9-18-8-6-15-10-11-4-3-5-12(14)13(11)17/h3-5,15,17H,6-10H2,1-2H3. The molecule has 5 heteroatoms. The molecule has 0 aliphatic rings. The minimum Gasteiger partial charge on any atom is -0.505 e. The summed E-state index contributed by atoms with van der Waals surface area (Å²) in [7, 11) is 3.99. The summed E-state index contributed by atoms with van der Waals surface area (Å²) in [5.41, 5.74) is 0.559. The number of hydrogen-bond donors (Lipinski definition) is 2. The molecule has 0 aliphatic carbocycles. The molecule has 0 saturated carbocycles. The summed E-state index contributed by atoms with van der Waals surface area (Å²) in [4.78, 5) is 2.05. The Labute approximate surface area is 107 Å². The number of nitrogens with zero attached hydrogens (tertiary/aromatic N) is 1. The Hall–Kier alpha value is -1.17. The summed E-state index contributed by atoms with van der Waals surface area (Å²) >= 11 is 0. The van der Waals surface area contributed by atoms with Crippen LogP contribution in [0.1, 0.15) is 5.56 Å². The first-order chi connectivity index (χ1) is 8.61. The largest absolute Gasteiger partial charge is 0.505 e. The van der Waals surface area contributed by atoms with Crippen molar-refractivity contribution in [1.29, 1.82) is 0 Å². The first-order valence-corrected chi connectivity index (χ1v) is 6.01. The Morgan fingerprint density at radius 2 is 2.11 bits per heavy atom. The van der Waals surface area contributed by atoms with Crippen molar-refractivity contribution in [1.82, 2.24) is 10.2 Å². The number of para-hydroxylation sites is 1. The first kappa shape index (κ1) is 14.9. The summed E-state index contributed by atoms with van der Waals surface area (Å²) in [5, 5.41) is 12.5. The van der Waals surface area contributed by atoms with E-state index in [1.54, 1.807) is 12.1 Å². The average Bonchev–Trinajstić information content (AvgIpc) is 2.32. The molecule has 0 spiro atoms. The summed E-state index contributed by atoms with van der Waals surface area (Å²) < 4.78 is 18.4. The molecular weight excluding hydrogens is 235 g/mol. The smallest absolute Gasteiger partial charge is 0.165 e. The predicted molar refractivity (Wildman–Crippen MR) is 69.1 cm³/mol. The highest BCUT2D eigenvalue weighted by molar-refractivity contribution is 5.33. The molecule has 0 aromatic heterocycles. The van der Waals surface area contributed by atoms with Gasteiger partial charge in [0.05, 0.1) is 13.2 Å². The zero-order valence-electron chi connectivity index (χ0n) is 10.9. The van der Waals surface area contributed by atoms with Crippen LogP contribution in [0, 0.1) is 5.82 Å². The summed E-state index contributed by atoms with van der Waals surface area (Å²) in [6.07, 6.45) is 0. The van der Waals surface area contributed by atoms with Gasteiger partial charge in [0.2, 0.25) is 0 Å². The van der Waals surface area contributed by atoms with Crippen LogP contribution < -0.4 is 5.32 Å². The Balaban J connectivity index is 2.13. The van der Waals surface area contributed by atoms with E-state index in [0.29, 0.717) is 31.9 Å². The van der Waals surface area contributed by atoms with Gasteiger partial charge in [-0.2, -0.15) is 0 Å². The Morgan fingerprint density at radius 3 is 2.83 bits per heavy atom. The molecule has 4 nitrogen and oxygen atoms in total. The van der Waals surface area contributed by atoms with E-state index in [4.69, 9.17) is 4.74 Å². The minimum absolute atomic E-state index is 0.279. The molecule has 0 aliphatic heterocycles. The summed E-state index contributed by atoms with van der Waals surface area (Å²) in [5.74, 6) is -0.866. The fourth-order valence-corrected chi connectivity index (χ4v) is 1.42. The number of aromatic hydroxyl groups is 1. The highest BCUT2D eigenvalue weighted by Crippen LogP contribution is 2.19. The van der Waals surface area contributed by atoms with E-state index in [1.807, 2.05) is 14.1 Å². The highest BCUT2D eigenvalue weighted by Gasteiger charge is 2.05. The normalized spacial score (nSPS) is 11.1. The fraction of sp³-hybridized carbons (Fsp3) is 0.538. The molecule has 1 aromatic carbocycles. The Bertz CT molecular complexity index is 359. The van der Waals surface area contributed by atoms with Crippen LogP contribution in [0.4, 0.5) is 4.39 Å². The molecule has 1 aromatic rings. The van der Waals surface area contributed by atoms with Crippen LogP contribution in [0.25, 0.3) is 0 Å². The lowest BCUT2D eigenvalue weighted by atomic mass is 10.2. The number of phenols is 1.